The summed E-state index contributed by atoms with van der Waals surface area (Å²) in [4.78, 5) is 16.2. The van der Waals surface area contributed by atoms with Crippen LogP contribution in [-0.2, 0) is 11.2 Å². The maximum Gasteiger partial charge on any atom is 0.409 e. The maximum atomic E-state index is 12.2. The van der Waals surface area contributed by atoms with Gasteiger partial charge in [0.25, 0.3) is 0 Å². The van der Waals surface area contributed by atoms with Crippen molar-refractivity contribution >= 4 is 6.09 Å². The van der Waals surface area contributed by atoms with E-state index in [4.69, 9.17) is 9.15 Å². The van der Waals surface area contributed by atoms with E-state index in [1.54, 1.807) is 4.90 Å². The first kappa shape index (κ1) is 19.7. The quantitative estimate of drug-likeness (QED) is 0.783. The predicted molar refractivity (Wildman–Crippen MR) is 95.2 cm³/mol. The molecule has 0 bridgehead atoms. The van der Waals surface area contributed by atoms with Gasteiger partial charge in [-0.3, -0.25) is 4.90 Å². The van der Waals surface area contributed by atoms with Crippen molar-refractivity contribution in [2.75, 3.05) is 32.8 Å². The number of carbonyl (C=O) groups is 1. The van der Waals surface area contributed by atoms with E-state index in [1.807, 2.05) is 13.8 Å². The number of nitrogens with zero attached hydrogens (tertiary/aromatic N) is 4. The monoisotopic (exact) mass is 352 g/mol. The van der Waals surface area contributed by atoms with Gasteiger partial charge in [0.1, 0.15) is 0 Å². The molecule has 0 spiro atoms. The van der Waals surface area contributed by atoms with Crippen molar-refractivity contribution < 1.29 is 13.9 Å². The highest BCUT2D eigenvalue weighted by molar-refractivity contribution is 5.67. The molecule has 1 fully saturated rings. The zero-order valence-electron chi connectivity index (χ0n) is 16.2. The van der Waals surface area contributed by atoms with Crippen LogP contribution in [0.4, 0.5) is 4.79 Å². The van der Waals surface area contributed by atoms with E-state index >= 15 is 0 Å². The molecule has 2 heterocycles. The minimum atomic E-state index is -0.208. The second-order valence-electron chi connectivity index (χ2n) is 7.66. The van der Waals surface area contributed by atoms with Crippen LogP contribution in [0, 0.1) is 11.8 Å². The number of ether oxygens (including phenoxy) is 1. The predicted octanol–water partition coefficient (Wildman–Crippen LogP) is 3.13. The lowest BCUT2D eigenvalue weighted by Gasteiger charge is -2.25. The molecule has 2 rings (SSSR count). The van der Waals surface area contributed by atoms with Gasteiger partial charge in [-0.15, -0.1) is 10.2 Å². The third-order valence-corrected chi connectivity index (χ3v) is 4.30. The summed E-state index contributed by atoms with van der Waals surface area (Å²) in [6.07, 6.45) is 1.50. The first-order valence-electron chi connectivity index (χ1n) is 9.34. The summed E-state index contributed by atoms with van der Waals surface area (Å²) in [5.74, 6) is 2.20. The van der Waals surface area contributed by atoms with E-state index < -0.39 is 0 Å². The molecule has 0 aliphatic carbocycles. The highest BCUT2D eigenvalue weighted by Gasteiger charge is 2.26. The van der Waals surface area contributed by atoms with Crippen molar-refractivity contribution in [1.29, 1.82) is 0 Å². The largest absolute Gasteiger partial charge is 0.449 e. The lowest BCUT2D eigenvalue weighted by Crippen LogP contribution is -2.36. The van der Waals surface area contributed by atoms with Crippen LogP contribution in [0.1, 0.15) is 58.9 Å². The Morgan fingerprint density at radius 2 is 1.84 bits per heavy atom. The minimum Gasteiger partial charge on any atom is -0.449 e. The Morgan fingerprint density at radius 1 is 1.08 bits per heavy atom. The van der Waals surface area contributed by atoms with Gasteiger partial charge in [-0.25, -0.2) is 4.79 Å². The van der Waals surface area contributed by atoms with E-state index in [2.05, 4.69) is 35.9 Å². The second kappa shape index (κ2) is 9.17. The molecule has 1 saturated heterocycles. The van der Waals surface area contributed by atoms with Gasteiger partial charge in [-0.2, -0.15) is 0 Å². The van der Waals surface area contributed by atoms with Gasteiger partial charge in [-0.05, 0) is 25.2 Å². The zero-order valence-corrected chi connectivity index (χ0v) is 16.2. The highest BCUT2D eigenvalue weighted by Crippen LogP contribution is 2.21. The van der Waals surface area contributed by atoms with Gasteiger partial charge >= 0.3 is 6.09 Å². The molecule has 0 aromatic carbocycles. The summed E-state index contributed by atoms with van der Waals surface area (Å²) in [5.41, 5.74) is 0. The molecule has 0 N–H and O–H groups in total. The van der Waals surface area contributed by atoms with E-state index in [0.717, 1.165) is 32.5 Å². The number of carbonyl (C=O) groups excluding carboxylic acids is 1. The summed E-state index contributed by atoms with van der Waals surface area (Å²) in [7, 11) is 0. The van der Waals surface area contributed by atoms with Gasteiger partial charge in [0.2, 0.25) is 11.8 Å². The molecule has 1 aliphatic heterocycles. The van der Waals surface area contributed by atoms with Crippen LogP contribution >= 0.6 is 0 Å². The molecule has 1 atom stereocenters. The number of hydrogen-bond acceptors (Lipinski definition) is 6. The van der Waals surface area contributed by atoms with Crippen molar-refractivity contribution in [3.05, 3.63) is 11.8 Å². The third kappa shape index (κ3) is 5.99. The Balaban J connectivity index is 1.89. The Kier molecular flexibility index (Phi) is 7.23. The number of hydrogen-bond donors (Lipinski definition) is 0. The van der Waals surface area contributed by atoms with E-state index in [0.29, 0.717) is 36.8 Å². The summed E-state index contributed by atoms with van der Waals surface area (Å²) >= 11 is 0. The molecular formula is C18H32N4O3. The van der Waals surface area contributed by atoms with Crippen LogP contribution in [0.2, 0.25) is 0 Å². The SMILES string of the molecule is CC(C)COC(=O)N1CCCN([C@H](C)c2nnc(CC(C)C)o2)CC1. The van der Waals surface area contributed by atoms with Crippen LogP contribution in [0.5, 0.6) is 0 Å². The molecule has 1 amide bonds. The van der Waals surface area contributed by atoms with E-state index in [1.165, 1.54) is 0 Å². The Labute approximate surface area is 150 Å². The van der Waals surface area contributed by atoms with Crippen LogP contribution in [0.15, 0.2) is 4.42 Å². The first-order chi connectivity index (χ1) is 11.9. The smallest absolute Gasteiger partial charge is 0.409 e. The lowest BCUT2D eigenvalue weighted by atomic mass is 10.1. The Morgan fingerprint density at radius 3 is 2.52 bits per heavy atom. The normalized spacial score (nSPS) is 17.8. The highest BCUT2D eigenvalue weighted by atomic mass is 16.6. The zero-order chi connectivity index (χ0) is 18.4. The molecular weight excluding hydrogens is 320 g/mol. The van der Waals surface area contributed by atoms with Crippen molar-refractivity contribution in [2.24, 2.45) is 11.8 Å². The first-order valence-corrected chi connectivity index (χ1v) is 9.34. The molecule has 1 aromatic rings. The molecule has 1 aliphatic rings. The van der Waals surface area contributed by atoms with Crippen molar-refractivity contribution in [2.45, 2.75) is 53.5 Å². The Hall–Kier alpha value is -1.63. The lowest BCUT2D eigenvalue weighted by molar-refractivity contribution is 0.0920. The summed E-state index contributed by atoms with van der Waals surface area (Å²) in [6.45, 7) is 14.0. The molecule has 142 valence electrons. The van der Waals surface area contributed by atoms with Crippen molar-refractivity contribution in [3.63, 3.8) is 0 Å². The minimum absolute atomic E-state index is 0.0556. The number of amides is 1. The second-order valence-corrected chi connectivity index (χ2v) is 7.66. The van der Waals surface area contributed by atoms with Crippen LogP contribution in [0.25, 0.3) is 0 Å². The maximum absolute atomic E-state index is 12.2. The molecule has 7 nitrogen and oxygen atoms in total. The summed E-state index contributed by atoms with van der Waals surface area (Å²) in [5, 5.41) is 8.37. The number of rotatable bonds is 6. The van der Waals surface area contributed by atoms with Gasteiger partial charge in [0.15, 0.2) is 0 Å². The average Bonchev–Trinajstić information content (AvgIpc) is 2.86. The van der Waals surface area contributed by atoms with Crippen LogP contribution < -0.4 is 0 Å². The third-order valence-electron chi connectivity index (χ3n) is 4.30. The molecule has 1 aromatic heterocycles. The number of aromatic nitrogens is 2. The van der Waals surface area contributed by atoms with Crippen LogP contribution in [0.3, 0.4) is 0 Å². The topological polar surface area (TPSA) is 71.7 Å². The molecule has 0 unspecified atom stereocenters. The van der Waals surface area contributed by atoms with E-state index in [9.17, 15) is 4.79 Å². The fraction of sp³-hybridized carbons (Fsp3) is 0.833. The Bertz CT molecular complexity index is 544. The summed E-state index contributed by atoms with van der Waals surface area (Å²) in [6, 6.07) is 0.0556. The van der Waals surface area contributed by atoms with Gasteiger partial charge < -0.3 is 14.1 Å². The molecule has 7 heteroatoms. The van der Waals surface area contributed by atoms with Gasteiger partial charge in [0.05, 0.1) is 12.6 Å². The molecule has 0 saturated carbocycles. The van der Waals surface area contributed by atoms with Crippen molar-refractivity contribution in [1.82, 2.24) is 20.0 Å². The van der Waals surface area contributed by atoms with Gasteiger partial charge in [-0.1, -0.05) is 27.7 Å². The molecule has 0 radical (unpaired) electrons. The average molecular weight is 352 g/mol. The van der Waals surface area contributed by atoms with Crippen molar-refractivity contribution in [3.8, 4) is 0 Å². The fourth-order valence-electron chi connectivity index (χ4n) is 2.86. The standard InChI is InChI=1S/C18H32N4O3/c1-13(2)11-16-19-20-17(25-16)15(5)21-7-6-8-22(10-9-21)18(23)24-12-14(3)4/h13-15H,6-12H2,1-5H3/t15-/m1/s1. The van der Waals surface area contributed by atoms with E-state index in [-0.39, 0.29) is 12.1 Å². The molecule has 25 heavy (non-hydrogen) atoms. The van der Waals surface area contributed by atoms with Gasteiger partial charge in [0, 0.05) is 32.6 Å². The summed E-state index contributed by atoms with van der Waals surface area (Å²) < 4.78 is 11.2. The van der Waals surface area contributed by atoms with Crippen LogP contribution in [-0.4, -0.2) is 58.9 Å². The fourth-order valence-corrected chi connectivity index (χ4v) is 2.86.